The molecule has 3 rings (SSSR count). The zero-order valence-corrected chi connectivity index (χ0v) is 17.8. The second kappa shape index (κ2) is 11.8. The highest BCUT2D eigenvalue weighted by Crippen LogP contribution is 2.22. The Morgan fingerprint density at radius 1 is 0.903 bits per heavy atom. The van der Waals surface area contributed by atoms with Gasteiger partial charge in [0.25, 0.3) is 0 Å². The number of nitrogens with one attached hydrogen (secondary N) is 1. The van der Waals surface area contributed by atoms with Crippen LogP contribution in [0, 0.1) is 0 Å². The van der Waals surface area contributed by atoms with E-state index in [0.717, 1.165) is 5.56 Å². The van der Waals surface area contributed by atoms with Crippen LogP contribution in [0.1, 0.15) is 23.1 Å². The number of rotatable bonds is 8. The summed E-state index contributed by atoms with van der Waals surface area (Å²) >= 11 is 0. The molecule has 0 aliphatic carbocycles. The van der Waals surface area contributed by atoms with Crippen LogP contribution in [-0.4, -0.2) is 24.6 Å². The summed E-state index contributed by atoms with van der Waals surface area (Å²) in [7, 11) is -3.74. The first-order valence-corrected chi connectivity index (χ1v) is 11.1. The number of hydrogen-bond acceptors (Lipinski definition) is 5. The molecule has 0 atom stereocenters. The number of aromatic hydroxyl groups is 1. The number of phenolic OH excluding ortho intramolecular Hbond substituents is 1. The van der Waals surface area contributed by atoms with Gasteiger partial charge >= 0.3 is 5.97 Å². The van der Waals surface area contributed by atoms with Gasteiger partial charge in [0.05, 0.1) is 4.90 Å². The molecule has 0 saturated carbocycles. The van der Waals surface area contributed by atoms with Crippen molar-refractivity contribution >= 4 is 16.0 Å². The molecule has 31 heavy (non-hydrogen) atoms. The van der Waals surface area contributed by atoms with Gasteiger partial charge in [0.15, 0.2) is 0 Å². The Hall–Kier alpha value is -3.20. The van der Waals surface area contributed by atoms with Gasteiger partial charge in [-0.3, -0.25) is 4.79 Å². The highest BCUT2D eigenvalue weighted by molar-refractivity contribution is 7.89. The Labute approximate surface area is 182 Å². The number of sulfonamides is 1. The maximum absolute atomic E-state index is 12.3. The minimum Gasteiger partial charge on any atom is -0.508 e. The van der Waals surface area contributed by atoms with E-state index in [2.05, 4.69) is 4.72 Å². The van der Waals surface area contributed by atoms with E-state index in [0.29, 0.717) is 6.54 Å². The van der Waals surface area contributed by atoms with Crippen molar-refractivity contribution in [1.29, 1.82) is 0 Å². The molecule has 3 aromatic rings. The molecule has 0 aliphatic heterocycles. The van der Waals surface area contributed by atoms with Crippen molar-refractivity contribution in [2.75, 3.05) is 0 Å². The zero-order chi connectivity index (χ0) is 22.7. The summed E-state index contributed by atoms with van der Waals surface area (Å²) < 4.78 is 27.1. The molecule has 0 aromatic heterocycles. The topological polar surface area (TPSA) is 130 Å². The van der Waals surface area contributed by atoms with Gasteiger partial charge in [-0.2, -0.15) is 0 Å². The summed E-state index contributed by atoms with van der Waals surface area (Å²) in [4.78, 5) is 10.6. The van der Waals surface area contributed by atoms with Crippen LogP contribution in [0.3, 0.4) is 0 Å². The molecule has 0 amide bonds. The van der Waals surface area contributed by atoms with Gasteiger partial charge in [-0.1, -0.05) is 60.7 Å². The Kier molecular flexibility index (Phi) is 9.20. The van der Waals surface area contributed by atoms with Crippen LogP contribution in [0.15, 0.2) is 83.8 Å². The number of carboxylic acids is 1. The van der Waals surface area contributed by atoms with Crippen molar-refractivity contribution in [3.8, 4) is 5.75 Å². The maximum Gasteiger partial charge on any atom is 0.303 e. The van der Waals surface area contributed by atoms with E-state index >= 15 is 0 Å². The van der Waals surface area contributed by atoms with Crippen LogP contribution >= 0.6 is 0 Å². The lowest BCUT2D eigenvalue weighted by atomic mass is 10.1. The Bertz CT molecular complexity index is 1070. The van der Waals surface area contributed by atoms with Crippen LogP contribution in [-0.2, 0) is 34.3 Å². The fourth-order valence-corrected chi connectivity index (χ4v) is 3.71. The molecule has 7 nitrogen and oxygen atoms in total. The van der Waals surface area contributed by atoms with Crippen LogP contribution in [0.4, 0.5) is 0 Å². The van der Waals surface area contributed by atoms with Gasteiger partial charge in [0.1, 0.15) is 5.75 Å². The van der Waals surface area contributed by atoms with Crippen molar-refractivity contribution < 1.29 is 23.4 Å². The molecule has 0 fully saturated rings. The maximum atomic E-state index is 12.3. The minimum absolute atomic E-state index is 0.00776. The molecule has 0 unspecified atom stereocenters. The third-order valence-corrected chi connectivity index (χ3v) is 5.76. The van der Waals surface area contributed by atoms with Crippen LogP contribution in [0.5, 0.6) is 5.75 Å². The van der Waals surface area contributed by atoms with Crippen LogP contribution < -0.4 is 10.5 Å². The first-order chi connectivity index (χ1) is 14.8. The van der Waals surface area contributed by atoms with E-state index in [1.165, 1.54) is 23.8 Å². The Morgan fingerprint density at radius 2 is 1.48 bits per heavy atom. The van der Waals surface area contributed by atoms with Crippen molar-refractivity contribution in [1.82, 2.24) is 4.72 Å². The van der Waals surface area contributed by atoms with E-state index in [1.807, 2.05) is 48.5 Å². The minimum atomic E-state index is -3.74. The van der Waals surface area contributed by atoms with Gasteiger partial charge in [0, 0.05) is 19.5 Å². The number of carbonyl (C=O) groups is 1. The lowest BCUT2D eigenvalue weighted by Crippen LogP contribution is -2.23. The molecule has 0 spiro atoms. The van der Waals surface area contributed by atoms with Gasteiger partial charge in [0.2, 0.25) is 10.0 Å². The normalized spacial score (nSPS) is 10.7. The lowest BCUT2D eigenvalue weighted by Gasteiger charge is -2.09. The van der Waals surface area contributed by atoms with E-state index in [1.54, 1.807) is 12.1 Å². The highest BCUT2D eigenvalue weighted by Gasteiger charge is 2.16. The van der Waals surface area contributed by atoms with E-state index in [-0.39, 0.29) is 35.6 Å². The number of hydrogen-bond donors (Lipinski definition) is 4. The van der Waals surface area contributed by atoms with Crippen LogP contribution in [0.2, 0.25) is 0 Å². The van der Waals surface area contributed by atoms with Crippen molar-refractivity contribution in [3.05, 3.63) is 95.6 Å². The third kappa shape index (κ3) is 8.21. The molecule has 8 heteroatoms. The summed E-state index contributed by atoms with van der Waals surface area (Å²) in [5.41, 5.74) is 7.64. The lowest BCUT2D eigenvalue weighted by molar-refractivity contribution is -0.136. The summed E-state index contributed by atoms with van der Waals surface area (Å²) in [6.45, 7) is 0.787. The standard InChI is InChI=1S/C16H17NO5S.C7H9N/c18-15-8-7-14(10-13(15)6-9-16(19)20)23(21,22)17-11-12-4-2-1-3-5-12;8-6-7-4-2-1-3-5-7/h1-5,7-8,10,17-18H,6,9,11H2,(H,19,20);1-5H,6,8H2. The molecule has 0 bridgehead atoms. The number of aryl methyl sites for hydroxylation is 1. The van der Waals surface area contributed by atoms with E-state index in [4.69, 9.17) is 10.8 Å². The van der Waals surface area contributed by atoms with Crippen molar-refractivity contribution in [2.45, 2.75) is 30.8 Å². The molecule has 0 radical (unpaired) electrons. The molecule has 0 saturated heterocycles. The van der Waals surface area contributed by atoms with Crippen molar-refractivity contribution in [3.63, 3.8) is 0 Å². The number of aliphatic carboxylic acids is 1. The summed E-state index contributed by atoms with van der Waals surface area (Å²) in [6.07, 6.45) is -0.127. The first-order valence-electron chi connectivity index (χ1n) is 9.63. The average molecular weight is 443 g/mol. The predicted octanol–water partition coefficient (Wildman–Crippen LogP) is 3.03. The fourth-order valence-electron chi connectivity index (χ4n) is 2.64. The quantitative estimate of drug-likeness (QED) is 0.424. The van der Waals surface area contributed by atoms with Crippen molar-refractivity contribution in [2.24, 2.45) is 5.73 Å². The van der Waals surface area contributed by atoms with Crippen LogP contribution in [0.25, 0.3) is 0 Å². The first kappa shape index (κ1) is 24.1. The second-order valence-corrected chi connectivity index (χ2v) is 8.45. The third-order valence-electron chi connectivity index (χ3n) is 4.36. The fraction of sp³-hybridized carbons (Fsp3) is 0.174. The molecule has 0 aliphatic rings. The smallest absolute Gasteiger partial charge is 0.303 e. The monoisotopic (exact) mass is 442 g/mol. The van der Waals surface area contributed by atoms with E-state index < -0.39 is 16.0 Å². The summed E-state index contributed by atoms with van der Waals surface area (Å²) in [5.74, 6) is -1.13. The molecular formula is C23H26N2O5S. The number of phenols is 1. The SMILES string of the molecule is NCc1ccccc1.O=C(O)CCc1cc(S(=O)(=O)NCc2ccccc2)ccc1O. The number of nitrogens with two attached hydrogens (primary N) is 1. The average Bonchev–Trinajstić information content (AvgIpc) is 2.78. The summed E-state index contributed by atoms with van der Waals surface area (Å²) in [6, 6.07) is 22.9. The van der Waals surface area contributed by atoms with E-state index in [9.17, 15) is 18.3 Å². The zero-order valence-electron chi connectivity index (χ0n) is 16.9. The van der Waals surface area contributed by atoms with Gasteiger partial charge in [-0.05, 0) is 41.3 Å². The highest BCUT2D eigenvalue weighted by atomic mass is 32.2. The largest absolute Gasteiger partial charge is 0.508 e. The molecule has 5 N–H and O–H groups in total. The Balaban J connectivity index is 0.000000357. The number of carboxylic acid groups (broad SMARTS) is 1. The summed E-state index contributed by atoms with van der Waals surface area (Å²) in [5, 5.41) is 18.4. The second-order valence-electron chi connectivity index (χ2n) is 6.68. The van der Waals surface area contributed by atoms with Gasteiger partial charge in [-0.25, -0.2) is 13.1 Å². The molecule has 0 heterocycles. The van der Waals surface area contributed by atoms with Gasteiger partial charge in [-0.15, -0.1) is 0 Å². The molecule has 3 aromatic carbocycles. The molecule has 164 valence electrons. The predicted molar refractivity (Wildman–Crippen MR) is 119 cm³/mol. The molecular weight excluding hydrogens is 416 g/mol. The Morgan fingerprint density at radius 3 is 2.00 bits per heavy atom. The number of benzene rings is 3. The van der Waals surface area contributed by atoms with Gasteiger partial charge < -0.3 is 15.9 Å².